The lowest BCUT2D eigenvalue weighted by Gasteiger charge is -2.02. The number of amides is 1. The zero-order valence-electron chi connectivity index (χ0n) is 8.73. The molecule has 0 heterocycles. The van der Waals surface area contributed by atoms with E-state index in [1.54, 1.807) is 11.8 Å². The predicted molar refractivity (Wildman–Crippen MR) is 61.6 cm³/mol. The van der Waals surface area contributed by atoms with Crippen LogP contribution in [0.15, 0.2) is 35.2 Å². The second-order valence-corrected chi connectivity index (χ2v) is 4.16. The van der Waals surface area contributed by atoms with Gasteiger partial charge in [-0.05, 0) is 24.3 Å². The van der Waals surface area contributed by atoms with Gasteiger partial charge in [-0.25, -0.2) is 5.48 Å². The van der Waals surface area contributed by atoms with Gasteiger partial charge in [-0.15, -0.1) is 11.8 Å². The highest BCUT2D eigenvalue weighted by Crippen LogP contribution is 2.18. The topological polar surface area (TPSA) is 38.3 Å². The van der Waals surface area contributed by atoms with Crippen LogP contribution in [0.1, 0.15) is 12.8 Å². The largest absolute Gasteiger partial charge is 0.277 e. The van der Waals surface area contributed by atoms with E-state index in [0.29, 0.717) is 6.42 Å². The van der Waals surface area contributed by atoms with E-state index in [0.717, 1.165) is 12.2 Å². The van der Waals surface area contributed by atoms with Gasteiger partial charge >= 0.3 is 0 Å². The van der Waals surface area contributed by atoms with Crippen LogP contribution in [-0.2, 0) is 9.63 Å². The van der Waals surface area contributed by atoms with E-state index in [9.17, 15) is 4.79 Å². The van der Waals surface area contributed by atoms with Crippen LogP contribution in [0.3, 0.4) is 0 Å². The molecule has 0 aliphatic heterocycles. The van der Waals surface area contributed by atoms with Gasteiger partial charge in [0.15, 0.2) is 0 Å². The number of hydroxylamine groups is 1. The van der Waals surface area contributed by atoms with Crippen molar-refractivity contribution in [3.8, 4) is 0 Å². The second-order valence-electron chi connectivity index (χ2n) is 2.99. The lowest BCUT2D eigenvalue weighted by molar-refractivity contribution is -0.131. The molecule has 1 amide bonds. The lowest BCUT2D eigenvalue weighted by atomic mass is 10.3. The zero-order valence-corrected chi connectivity index (χ0v) is 9.55. The fourth-order valence-corrected chi connectivity index (χ4v) is 1.98. The molecule has 0 atom stereocenters. The molecule has 1 rings (SSSR count). The highest BCUT2D eigenvalue weighted by atomic mass is 32.2. The van der Waals surface area contributed by atoms with Gasteiger partial charge in [0, 0.05) is 11.3 Å². The molecule has 0 saturated heterocycles. The third kappa shape index (κ3) is 5.44. The number of hydrogen-bond donors (Lipinski definition) is 1. The highest BCUT2D eigenvalue weighted by Gasteiger charge is 1.99. The number of thioether (sulfide) groups is 1. The number of nitrogens with one attached hydrogen (secondary N) is 1. The van der Waals surface area contributed by atoms with Gasteiger partial charge in [-0.1, -0.05) is 18.2 Å². The Morgan fingerprint density at radius 3 is 2.80 bits per heavy atom. The van der Waals surface area contributed by atoms with Crippen molar-refractivity contribution in [2.24, 2.45) is 0 Å². The summed E-state index contributed by atoms with van der Waals surface area (Å²) in [5.41, 5.74) is 2.30. The van der Waals surface area contributed by atoms with Crippen LogP contribution in [0.4, 0.5) is 0 Å². The summed E-state index contributed by atoms with van der Waals surface area (Å²) in [4.78, 5) is 16.8. The minimum Gasteiger partial charge on any atom is -0.277 e. The van der Waals surface area contributed by atoms with Gasteiger partial charge in [0.25, 0.3) is 0 Å². The average molecular weight is 225 g/mol. The SMILES string of the molecule is CONC(=O)CCCSc1ccccc1. The Bertz CT molecular complexity index is 290. The minimum absolute atomic E-state index is 0.0637. The Morgan fingerprint density at radius 2 is 2.13 bits per heavy atom. The first-order valence-corrected chi connectivity index (χ1v) is 5.81. The van der Waals surface area contributed by atoms with Crippen molar-refractivity contribution in [3.05, 3.63) is 30.3 Å². The number of benzene rings is 1. The molecular weight excluding hydrogens is 210 g/mol. The van der Waals surface area contributed by atoms with Crippen molar-refractivity contribution in [1.29, 1.82) is 0 Å². The van der Waals surface area contributed by atoms with Gasteiger partial charge in [-0.2, -0.15) is 0 Å². The summed E-state index contributed by atoms with van der Waals surface area (Å²) in [6, 6.07) is 10.2. The maximum absolute atomic E-state index is 11.0. The summed E-state index contributed by atoms with van der Waals surface area (Å²) in [7, 11) is 1.44. The zero-order chi connectivity index (χ0) is 10.9. The molecule has 82 valence electrons. The summed E-state index contributed by atoms with van der Waals surface area (Å²) < 4.78 is 0. The molecule has 15 heavy (non-hydrogen) atoms. The molecule has 0 fully saturated rings. The van der Waals surface area contributed by atoms with E-state index < -0.39 is 0 Å². The van der Waals surface area contributed by atoms with Crippen molar-refractivity contribution < 1.29 is 9.63 Å². The number of hydrogen-bond acceptors (Lipinski definition) is 3. The molecule has 0 spiro atoms. The maximum atomic E-state index is 11.0. The average Bonchev–Trinajstić information content (AvgIpc) is 2.26. The Balaban J connectivity index is 2.10. The molecule has 1 aromatic rings. The van der Waals surface area contributed by atoms with Gasteiger partial charge < -0.3 is 0 Å². The van der Waals surface area contributed by atoms with Crippen molar-refractivity contribution >= 4 is 17.7 Å². The molecule has 0 radical (unpaired) electrons. The van der Waals surface area contributed by atoms with E-state index in [-0.39, 0.29) is 5.91 Å². The molecule has 0 aromatic heterocycles. The first-order valence-electron chi connectivity index (χ1n) is 4.82. The molecule has 4 heteroatoms. The predicted octanol–water partition coefficient (Wildman–Crippen LogP) is 2.24. The lowest BCUT2D eigenvalue weighted by Crippen LogP contribution is -2.21. The molecule has 0 saturated carbocycles. The third-order valence-electron chi connectivity index (χ3n) is 1.78. The summed E-state index contributed by atoms with van der Waals surface area (Å²) >= 11 is 1.76. The minimum atomic E-state index is -0.0637. The van der Waals surface area contributed by atoms with E-state index in [1.807, 2.05) is 18.2 Å². The molecule has 0 bridgehead atoms. The van der Waals surface area contributed by atoms with Crippen LogP contribution < -0.4 is 5.48 Å². The van der Waals surface area contributed by atoms with Crippen molar-refractivity contribution in [2.75, 3.05) is 12.9 Å². The molecule has 1 aromatic carbocycles. The van der Waals surface area contributed by atoms with Crippen LogP contribution in [-0.4, -0.2) is 18.8 Å². The van der Waals surface area contributed by atoms with Crippen molar-refractivity contribution in [1.82, 2.24) is 5.48 Å². The molecular formula is C11H15NO2S. The first-order chi connectivity index (χ1) is 7.33. The van der Waals surface area contributed by atoms with E-state index in [4.69, 9.17) is 0 Å². The number of rotatable bonds is 6. The monoisotopic (exact) mass is 225 g/mol. The van der Waals surface area contributed by atoms with Gasteiger partial charge in [0.1, 0.15) is 0 Å². The van der Waals surface area contributed by atoms with E-state index in [2.05, 4.69) is 22.5 Å². The molecule has 0 aliphatic rings. The molecule has 0 aliphatic carbocycles. The third-order valence-corrected chi connectivity index (χ3v) is 2.87. The van der Waals surface area contributed by atoms with E-state index >= 15 is 0 Å². The molecule has 1 N–H and O–H groups in total. The Morgan fingerprint density at radius 1 is 1.40 bits per heavy atom. The normalized spacial score (nSPS) is 9.93. The Kier molecular flexibility index (Phi) is 5.88. The second kappa shape index (κ2) is 7.31. The fourth-order valence-electron chi connectivity index (χ4n) is 1.10. The standard InChI is InChI=1S/C11H15NO2S/c1-14-12-11(13)8-5-9-15-10-6-3-2-4-7-10/h2-4,6-7H,5,8-9H2,1H3,(H,12,13). The Labute approximate surface area is 94.2 Å². The van der Waals surface area contributed by atoms with Crippen LogP contribution in [0, 0.1) is 0 Å². The Hall–Kier alpha value is -1.00. The van der Waals surface area contributed by atoms with Crippen LogP contribution in [0.2, 0.25) is 0 Å². The van der Waals surface area contributed by atoms with E-state index in [1.165, 1.54) is 12.0 Å². The van der Waals surface area contributed by atoms with Crippen molar-refractivity contribution in [2.45, 2.75) is 17.7 Å². The van der Waals surface area contributed by atoms with Crippen LogP contribution in [0.25, 0.3) is 0 Å². The smallest absolute Gasteiger partial charge is 0.243 e. The fraction of sp³-hybridized carbons (Fsp3) is 0.364. The van der Waals surface area contributed by atoms with Crippen LogP contribution >= 0.6 is 11.8 Å². The van der Waals surface area contributed by atoms with Gasteiger partial charge in [-0.3, -0.25) is 9.63 Å². The van der Waals surface area contributed by atoms with Gasteiger partial charge in [0.2, 0.25) is 5.91 Å². The highest BCUT2D eigenvalue weighted by molar-refractivity contribution is 7.99. The summed E-state index contributed by atoms with van der Waals surface area (Å²) in [6.45, 7) is 0. The quantitative estimate of drug-likeness (QED) is 0.458. The number of carbonyl (C=O) groups is 1. The molecule has 3 nitrogen and oxygen atoms in total. The summed E-state index contributed by atoms with van der Waals surface area (Å²) in [6.07, 6.45) is 1.36. The maximum Gasteiger partial charge on any atom is 0.243 e. The summed E-state index contributed by atoms with van der Waals surface area (Å²) in [5, 5.41) is 0. The summed E-state index contributed by atoms with van der Waals surface area (Å²) in [5.74, 6) is 0.882. The van der Waals surface area contributed by atoms with Gasteiger partial charge in [0.05, 0.1) is 7.11 Å². The molecule has 0 unspecified atom stereocenters. The van der Waals surface area contributed by atoms with Crippen molar-refractivity contribution in [3.63, 3.8) is 0 Å². The van der Waals surface area contributed by atoms with Crippen LogP contribution in [0.5, 0.6) is 0 Å². The number of carbonyl (C=O) groups excluding carboxylic acids is 1. The first kappa shape index (κ1) is 12.1.